The standard InChI is InChI=1S/C31H33ClN4O3S/c1-20-7-12-29(13-8-20)40(38,39)35(30-14-10-27(32)15-23(30)4)19-31(37)34-33-18-26-17-24(5)36(25(26)6)28-11-9-21(2)22(3)16-28/h7-18H,19H2,1-6H3,(H,34,37)/b33-18-. The highest BCUT2D eigenvalue weighted by atomic mass is 35.5. The largest absolute Gasteiger partial charge is 0.318 e. The third-order valence-corrected chi connectivity index (χ3v) is 8.94. The summed E-state index contributed by atoms with van der Waals surface area (Å²) in [7, 11) is -4.05. The molecule has 0 radical (unpaired) electrons. The van der Waals surface area contributed by atoms with Crippen molar-refractivity contribution in [2.45, 2.75) is 46.4 Å². The molecule has 1 aromatic heterocycles. The number of carbonyl (C=O) groups excluding carboxylic acids is 1. The molecule has 4 rings (SSSR count). The summed E-state index contributed by atoms with van der Waals surface area (Å²) in [6, 6.07) is 19.7. The van der Waals surface area contributed by atoms with Gasteiger partial charge in [0.05, 0.1) is 16.8 Å². The van der Waals surface area contributed by atoms with E-state index in [-0.39, 0.29) is 4.90 Å². The number of sulfonamides is 1. The minimum atomic E-state index is -4.05. The fourth-order valence-electron chi connectivity index (χ4n) is 4.56. The molecular weight excluding hydrogens is 544 g/mol. The second kappa shape index (κ2) is 11.7. The van der Waals surface area contributed by atoms with Crippen molar-refractivity contribution in [3.8, 4) is 5.69 Å². The summed E-state index contributed by atoms with van der Waals surface area (Å²) in [5.41, 5.74) is 10.7. The summed E-state index contributed by atoms with van der Waals surface area (Å²) in [6.45, 7) is 11.3. The van der Waals surface area contributed by atoms with Crippen molar-refractivity contribution < 1.29 is 13.2 Å². The Kier molecular flexibility index (Phi) is 8.51. The number of rotatable bonds is 8. The molecule has 1 N–H and O–H groups in total. The predicted octanol–water partition coefficient (Wildman–Crippen LogP) is 6.33. The van der Waals surface area contributed by atoms with Gasteiger partial charge in [-0.25, -0.2) is 13.8 Å². The maximum absolute atomic E-state index is 13.6. The molecule has 9 heteroatoms. The average Bonchev–Trinajstić information content (AvgIpc) is 3.17. The molecule has 0 aliphatic rings. The molecule has 0 bridgehead atoms. The lowest BCUT2D eigenvalue weighted by molar-refractivity contribution is -0.119. The third kappa shape index (κ3) is 6.13. The first-order valence-electron chi connectivity index (χ1n) is 12.8. The molecule has 208 valence electrons. The van der Waals surface area contributed by atoms with Gasteiger partial charge in [0.2, 0.25) is 0 Å². The maximum Gasteiger partial charge on any atom is 0.264 e. The van der Waals surface area contributed by atoms with Gasteiger partial charge in [0.15, 0.2) is 0 Å². The number of amides is 1. The summed E-state index contributed by atoms with van der Waals surface area (Å²) in [5.74, 6) is -0.579. The van der Waals surface area contributed by atoms with Crippen molar-refractivity contribution >= 4 is 39.4 Å². The molecule has 1 heterocycles. The first kappa shape index (κ1) is 29.1. The molecule has 3 aromatic carbocycles. The van der Waals surface area contributed by atoms with Crippen LogP contribution in [0.4, 0.5) is 5.69 Å². The Morgan fingerprint density at radius 2 is 1.60 bits per heavy atom. The topological polar surface area (TPSA) is 83.8 Å². The Morgan fingerprint density at radius 1 is 0.900 bits per heavy atom. The molecule has 0 spiro atoms. The first-order chi connectivity index (χ1) is 18.9. The zero-order valence-electron chi connectivity index (χ0n) is 23.5. The fraction of sp³-hybridized carbons (Fsp3) is 0.226. The number of hydrogen-bond donors (Lipinski definition) is 1. The van der Waals surface area contributed by atoms with Crippen LogP contribution < -0.4 is 9.73 Å². The van der Waals surface area contributed by atoms with Crippen LogP contribution in [0.15, 0.2) is 76.7 Å². The van der Waals surface area contributed by atoms with E-state index in [1.54, 1.807) is 43.5 Å². The first-order valence-corrected chi connectivity index (χ1v) is 14.6. The van der Waals surface area contributed by atoms with E-state index in [4.69, 9.17) is 11.6 Å². The Hall–Kier alpha value is -3.88. The average molecular weight is 577 g/mol. The summed E-state index contributed by atoms with van der Waals surface area (Å²) in [5, 5.41) is 4.62. The van der Waals surface area contributed by atoms with Crippen molar-refractivity contribution in [1.29, 1.82) is 0 Å². The van der Waals surface area contributed by atoms with E-state index < -0.39 is 22.5 Å². The van der Waals surface area contributed by atoms with Crippen molar-refractivity contribution in [2.75, 3.05) is 10.8 Å². The third-order valence-electron chi connectivity index (χ3n) is 6.94. The number of hydrogen-bond acceptors (Lipinski definition) is 4. The molecule has 0 aliphatic heterocycles. The number of nitrogens with zero attached hydrogens (tertiary/aromatic N) is 3. The van der Waals surface area contributed by atoms with Gasteiger partial charge < -0.3 is 4.57 Å². The minimum absolute atomic E-state index is 0.0857. The van der Waals surface area contributed by atoms with E-state index in [0.717, 1.165) is 32.5 Å². The lowest BCUT2D eigenvalue weighted by atomic mass is 10.1. The molecule has 0 unspecified atom stereocenters. The van der Waals surface area contributed by atoms with Crippen LogP contribution in [-0.4, -0.2) is 31.7 Å². The summed E-state index contributed by atoms with van der Waals surface area (Å²) >= 11 is 6.11. The molecule has 0 saturated carbocycles. The van der Waals surface area contributed by atoms with Crippen molar-refractivity contribution in [3.05, 3.63) is 111 Å². The molecule has 0 atom stereocenters. The second-order valence-electron chi connectivity index (χ2n) is 9.98. The number of nitrogens with one attached hydrogen (secondary N) is 1. The van der Waals surface area contributed by atoms with Crippen molar-refractivity contribution in [1.82, 2.24) is 9.99 Å². The highest BCUT2D eigenvalue weighted by molar-refractivity contribution is 7.92. The van der Waals surface area contributed by atoms with Gasteiger partial charge in [-0.2, -0.15) is 5.10 Å². The number of aryl methyl sites for hydroxylation is 5. The van der Waals surface area contributed by atoms with Crippen molar-refractivity contribution in [2.24, 2.45) is 5.10 Å². The van der Waals surface area contributed by atoms with Gasteiger partial charge in [-0.3, -0.25) is 9.10 Å². The second-order valence-corrected chi connectivity index (χ2v) is 12.3. The number of anilines is 1. The van der Waals surface area contributed by atoms with E-state index in [9.17, 15) is 13.2 Å². The molecular formula is C31H33ClN4O3S. The van der Waals surface area contributed by atoms with Crippen LogP contribution in [0.25, 0.3) is 5.69 Å². The van der Waals surface area contributed by atoms with Crippen LogP contribution in [0.2, 0.25) is 5.02 Å². The highest BCUT2D eigenvalue weighted by Gasteiger charge is 2.28. The summed E-state index contributed by atoms with van der Waals surface area (Å²) in [6.07, 6.45) is 1.57. The van der Waals surface area contributed by atoms with Crippen LogP contribution >= 0.6 is 11.6 Å². The number of aromatic nitrogens is 1. The van der Waals surface area contributed by atoms with Crippen LogP contribution in [0.1, 0.15) is 39.2 Å². The molecule has 0 fully saturated rings. The smallest absolute Gasteiger partial charge is 0.264 e. The fourth-order valence-corrected chi connectivity index (χ4v) is 6.27. The number of halogens is 1. The van der Waals surface area contributed by atoms with E-state index in [1.807, 2.05) is 26.8 Å². The van der Waals surface area contributed by atoms with Crippen molar-refractivity contribution in [3.63, 3.8) is 0 Å². The van der Waals surface area contributed by atoms with Gasteiger partial charge in [0, 0.05) is 27.7 Å². The maximum atomic E-state index is 13.6. The number of hydrazone groups is 1. The minimum Gasteiger partial charge on any atom is -0.318 e. The van der Waals surface area contributed by atoms with Crippen LogP contribution in [0.3, 0.4) is 0 Å². The lowest BCUT2D eigenvalue weighted by Gasteiger charge is -2.25. The van der Waals surface area contributed by atoms with E-state index in [1.165, 1.54) is 23.3 Å². The monoisotopic (exact) mass is 576 g/mol. The van der Waals surface area contributed by atoms with E-state index in [2.05, 4.69) is 47.1 Å². The number of benzene rings is 3. The molecule has 0 aliphatic carbocycles. The Balaban J connectivity index is 1.58. The normalized spacial score (nSPS) is 11.7. The Labute approximate surface area is 241 Å². The zero-order chi connectivity index (χ0) is 29.2. The summed E-state index contributed by atoms with van der Waals surface area (Å²) < 4.78 is 30.5. The Bertz CT molecular complexity index is 1710. The zero-order valence-corrected chi connectivity index (χ0v) is 25.1. The van der Waals surface area contributed by atoms with Crippen LogP contribution in [-0.2, 0) is 14.8 Å². The van der Waals surface area contributed by atoms with Gasteiger partial charge in [0.25, 0.3) is 15.9 Å². The SMILES string of the molecule is Cc1ccc(S(=O)(=O)N(CC(=O)N/N=C\c2cc(C)n(-c3ccc(C)c(C)c3)c2C)c2ccc(Cl)cc2C)cc1. The van der Waals surface area contributed by atoms with Crippen LogP contribution in [0, 0.1) is 41.5 Å². The van der Waals surface area contributed by atoms with Gasteiger partial charge >= 0.3 is 0 Å². The van der Waals surface area contributed by atoms with Gasteiger partial charge in [-0.1, -0.05) is 35.4 Å². The van der Waals surface area contributed by atoms with Gasteiger partial charge in [0.1, 0.15) is 6.54 Å². The van der Waals surface area contributed by atoms with Gasteiger partial charge in [-0.15, -0.1) is 0 Å². The van der Waals surface area contributed by atoms with Crippen LogP contribution in [0.5, 0.6) is 0 Å². The Morgan fingerprint density at radius 3 is 2.25 bits per heavy atom. The number of carbonyl (C=O) groups is 1. The molecule has 40 heavy (non-hydrogen) atoms. The highest BCUT2D eigenvalue weighted by Crippen LogP contribution is 2.29. The molecule has 7 nitrogen and oxygen atoms in total. The summed E-state index contributed by atoms with van der Waals surface area (Å²) in [4.78, 5) is 13.1. The van der Waals surface area contributed by atoms with E-state index >= 15 is 0 Å². The molecule has 1 amide bonds. The molecule has 0 saturated heterocycles. The quantitative estimate of drug-likeness (QED) is 0.197. The predicted molar refractivity (Wildman–Crippen MR) is 162 cm³/mol. The van der Waals surface area contributed by atoms with E-state index in [0.29, 0.717) is 16.3 Å². The molecule has 4 aromatic rings. The lowest BCUT2D eigenvalue weighted by Crippen LogP contribution is -2.40. The van der Waals surface area contributed by atoms with Gasteiger partial charge in [-0.05, 0) is 107 Å².